The van der Waals surface area contributed by atoms with Gasteiger partial charge >= 0.3 is 11.9 Å². The van der Waals surface area contributed by atoms with E-state index in [2.05, 4.69) is 75.3 Å². The van der Waals surface area contributed by atoms with Crippen molar-refractivity contribution in [2.75, 3.05) is 49.2 Å². The number of hydrogen-bond donors (Lipinski definition) is 5. The topological polar surface area (TPSA) is 225 Å². The Morgan fingerprint density at radius 3 is 1.75 bits per heavy atom. The van der Waals surface area contributed by atoms with Crippen LogP contribution in [0, 0.1) is 11.8 Å². The number of carbonyl (C=O) groups is 2. The van der Waals surface area contributed by atoms with Gasteiger partial charge in [-0.25, -0.2) is 0 Å². The van der Waals surface area contributed by atoms with Crippen LogP contribution in [0.5, 0.6) is 0 Å². The molecule has 0 amide bonds. The van der Waals surface area contributed by atoms with E-state index in [9.17, 15) is 19.8 Å². The average Bonchev–Trinajstić information content (AvgIpc) is 3.91. The fourth-order valence-electron chi connectivity index (χ4n) is 7.43. The molecule has 286 valence electrons. The quantitative estimate of drug-likeness (QED) is 0.111. The predicted octanol–water partition coefficient (Wildman–Crippen LogP) is 3.82. The maximum absolute atomic E-state index is 11.9. The first-order chi connectivity index (χ1) is 25.8. The minimum absolute atomic E-state index is 0.204. The van der Waals surface area contributed by atoms with Crippen molar-refractivity contribution in [1.29, 1.82) is 0 Å². The summed E-state index contributed by atoms with van der Waals surface area (Å²) >= 11 is 0. The zero-order valence-electron chi connectivity index (χ0n) is 30.7. The molecule has 16 nitrogen and oxygen atoms in total. The summed E-state index contributed by atoms with van der Waals surface area (Å²) in [6.07, 6.45) is 6.02. The molecular formula is C37H53N11O5. The Bertz CT molecular complexity index is 1680. The minimum Gasteiger partial charge on any atom is -0.481 e. The first-order valence-electron chi connectivity index (χ1n) is 18.7. The Labute approximate surface area is 309 Å². The molecule has 2 saturated heterocycles. The van der Waals surface area contributed by atoms with E-state index in [4.69, 9.17) is 10.5 Å². The molecule has 0 saturated carbocycles. The van der Waals surface area contributed by atoms with Crippen LogP contribution in [0.3, 0.4) is 0 Å². The number of carboxylic acid groups (broad SMARTS) is 2. The number of carboxylic acids is 2. The van der Waals surface area contributed by atoms with Crippen LogP contribution in [0.2, 0.25) is 0 Å². The van der Waals surface area contributed by atoms with Crippen molar-refractivity contribution in [3.63, 3.8) is 0 Å². The van der Waals surface area contributed by atoms with Gasteiger partial charge < -0.3 is 30.5 Å². The predicted molar refractivity (Wildman–Crippen MR) is 199 cm³/mol. The number of anilines is 2. The number of aliphatic carboxylic acids is 2. The largest absolute Gasteiger partial charge is 0.481 e. The molecule has 2 fully saturated rings. The van der Waals surface area contributed by atoms with Crippen molar-refractivity contribution in [3.8, 4) is 0 Å². The van der Waals surface area contributed by atoms with Gasteiger partial charge in [-0.05, 0) is 73.9 Å². The third-order valence-electron chi connectivity index (χ3n) is 10.1. The lowest BCUT2D eigenvalue weighted by molar-refractivity contribution is -0.144. The first kappa shape index (κ1) is 39.3. The van der Waals surface area contributed by atoms with Gasteiger partial charge in [0.15, 0.2) is 11.6 Å². The summed E-state index contributed by atoms with van der Waals surface area (Å²) in [5.74, 6) is -2.42. The molecule has 4 aromatic rings. The highest BCUT2D eigenvalue weighted by Gasteiger charge is 2.33. The third-order valence-corrected chi connectivity index (χ3v) is 10.1. The highest BCUT2D eigenvalue weighted by molar-refractivity contribution is 5.71. The second-order valence-corrected chi connectivity index (χ2v) is 13.9. The van der Waals surface area contributed by atoms with Gasteiger partial charge in [0.05, 0.1) is 25.0 Å². The summed E-state index contributed by atoms with van der Waals surface area (Å²) in [6.45, 7) is 9.02. The van der Waals surface area contributed by atoms with E-state index in [0.29, 0.717) is 37.3 Å². The summed E-state index contributed by atoms with van der Waals surface area (Å²) < 4.78 is 5.42. The molecule has 4 heterocycles. The fourth-order valence-corrected chi connectivity index (χ4v) is 7.43. The van der Waals surface area contributed by atoms with Gasteiger partial charge in [0.25, 0.3) is 0 Å². The van der Waals surface area contributed by atoms with Crippen molar-refractivity contribution < 1.29 is 24.5 Å². The van der Waals surface area contributed by atoms with Crippen LogP contribution in [0.25, 0.3) is 0 Å². The lowest BCUT2D eigenvalue weighted by Gasteiger charge is -2.33. The molecule has 2 aromatic carbocycles. The van der Waals surface area contributed by atoms with Gasteiger partial charge in [0, 0.05) is 55.4 Å². The number of tetrazole rings is 2. The van der Waals surface area contributed by atoms with Gasteiger partial charge in [-0.2, -0.15) is 10.4 Å². The van der Waals surface area contributed by atoms with Crippen LogP contribution in [-0.2, 0) is 27.2 Å². The smallest absolute Gasteiger partial charge is 0.307 e. The molecule has 5 atom stereocenters. The van der Waals surface area contributed by atoms with Crippen LogP contribution in [-0.4, -0.2) is 109 Å². The summed E-state index contributed by atoms with van der Waals surface area (Å²) in [4.78, 5) is 28.3. The Morgan fingerprint density at radius 2 is 1.32 bits per heavy atom. The molecule has 0 aliphatic carbocycles. The first-order valence-corrected chi connectivity index (χ1v) is 18.7. The highest BCUT2D eigenvalue weighted by atomic mass is 16.5. The lowest BCUT2D eigenvalue weighted by atomic mass is 9.83. The zero-order chi connectivity index (χ0) is 37.6. The number of benzene rings is 2. The van der Waals surface area contributed by atoms with Gasteiger partial charge in [-0.15, -0.1) is 20.4 Å². The van der Waals surface area contributed by atoms with E-state index in [-0.39, 0.29) is 17.9 Å². The molecule has 6 N–H and O–H groups in total. The van der Waals surface area contributed by atoms with Crippen LogP contribution < -0.4 is 15.5 Å². The second-order valence-electron chi connectivity index (χ2n) is 13.9. The minimum atomic E-state index is -0.815. The van der Waals surface area contributed by atoms with Gasteiger partial charge in [0.1, 0.15) is 0 Å². The Kier molecular flexibility index (Phi) is 14.6. The monoisotopic (exact) mass is 731 g/mol. The number of morpholine rings is 1. The zero-order valence-corrected chi connectivity index (χ0v) is 30.7. The number of rotatable bonds is 16. The van der Waals surface area contributed by atoms with E-state index in [1.165, 1.54) is 0 Å². The van der Waals surface area contributed by atoms with Gasteiger partial charge in [-0.1, -0.05) is 61.4 Å². The van der Waals surface area contributed by atoms with Gasteiger partial charge in [-0.3, -0.25) is 9.59 Å². The number of nitrogens with zero attached hydrogens (tertiary/aromatic N) is 8. The lowest BCUT2D eigenvalue weighted by Crippen LogP contribution is -2.42. The van der Waals surface area contributed by atoms with E-state index in [0.717, 1.165) is 87.6 Å². The molecule has 0 radical (unpaired) electrons. The molecule has 16 heteroatoms. The normalized spacial score (nSPS) is 18.4. The summed E-state index contributed by atoms with van der Waals surface area (Å²) in [5.41, 5.74) is 10.5. The molecule has 53 heavy (non-hydrogen) atoms. The number of piperidine rings is 1. The van der Waals surface area contributed by atoms with Crippen LogP contribution in [0.15, 0.2) is 48.5 Å². The van der Waals surface area contributed by atoms with Crippen molar-refractivity contribution in [1.82, 2.24) is 41.2 Å². The Balaban J connectivity index is 0.000000204. The Morgan fingerprint density at radius 1 is 0.811 bits per heavy atom. The maximum atomic E-state index is 11.9. The van der Waals surface area contributed by atoms with Crippen LogP contribution >= 0.6 is 0 Å². The number of nitrogens with one attached hydrogen (secondary N) is 2. The molecule has 0 bridgehead atoms. The summed E-state index contributed by atoms with van der Waals surface area (Å²) in [7, 11) is 0. The highest BCUT2D eigenvalue weighted by Crippen LogP contribution is 2.33. The van der Waals surface area contributed by atoms with Gasteiger partial charge in [0.2, 0.25) is 0 Å². The fraction of sp³-hybridized carbons (Fsp3) is 0.568. The standard InChI is InChI=1S/C19H28N6O2.C18H25N5O3/c1-2-5-16(19(26)27)17(18-21-23-24-22-18)11-13-6-3-8-15(10-13)25-9-4-7-14(20)12-25;1-2-4-15(18(24)25)16(17-19-21-22-20-17)12-13-5-3-6-14(11-13)23-7-9-26-10-8-23/h3,6,8,10,14,16-17H,2,4-5,7,9,11-12,20H2,1H3,(H,26,27)(H,21,22,23,24);3,5-6,11,15-16H,2,4,7-10,12H2,1H3,(H,24,25)(H,19,20,21,22)/t14-,16-,17-;15-,16-/m00/s1. The summed E-state index contributed by atoms with van der Waals surface area (Å²) in [5, 5.41) is 47.9. The molecule has 2 aromatic heterocycles. The van der Waals surface area contributed by atoms with E-state index >= 15 is 0 Å². The second kappa shape index (κ2) is 19.8. The number of ether oxygens (including phenoxy) is 1. The molecule has 0 spiro atoms. The number of hydrogen-bond acceptors (Lipinski definition) is 12. The SMILES string of the molecule is CCC[C@H](C(=O)O)[C@H](Cc1cccc(N2CCC[C@H](N)C2)c1)c1nn[nH]n1.CCC[C@H](C(=O)O)[C@H](Cc1cccc(N2CCOCC2)c1)c1nn[nH]n1. The van der Waals surface area contributed by atoms with Crippen molar-refractivity contribution in [2.24, 2.45) is 17.6 Å². The van der Waals surface area contributed by atoms with Crippen molar-refractivity contribution in [3.05, 3.63) is 71.3 Å². The molecule has 2 aliphatic rings. The van der Waals surface area contributed by atoms with E-state index in [1.54, 1.807) is 0 Å². The van der Waals surface area contributed by atoms with Crippen LogP contribution in [0.1, 0.15) is 87.0 Å². The number of aromatic nitrogens is 8. The average molecular weight is 732 g/mol. The maximum Gasteiger partial charge on any atom is 0.307 e. The third kappa shape index (κ3) is 11.0. The van der Waals surface area contributed by atoms with E-state index in [1.807, 2.05) is 38.1 Å². The number of H-pyrrole nitrogens is 2. The van der Waals surface area contributed by atoms with Crippen molar-refractivity contribution in [2.45, 2.75) is 83.1 Å². The molecule has 2 aliphatic heterocycles. The molecular weight excluding hydrogens is 678 g/mol. The van der Waals surface area contributed by atoms with Crippen LogP contribution in [0.4, 0.5) is 11.4 Å². The Hall–Kier alpha value is -4.96. The van der Waals surface area contributed by atoms with E-state index < -0.39 is 23.8 Å². The summed E-state index contributed by atoms with van der Waals surface area (Å²) in [6, 6.07) is 16.7. The molecule has 6 rings (SSSR count). The number of nitrogens with two attached hydrogens (primary N) is 1. The van der Waals surface area contributed by atoms with Crippen molar-refractivity contribution >= 4 is 23.3 Å². The number of aromatic amines is 2. The molecule has 0 unspecified atom stereocenters.